The monoisotopic (exact) mass is 397 g/mol. The smallest absolute Gasteiger partial charge is 0.365 e. The lowest BCUT2D eigenvalue weighted by Gasteiger charge is -2.13. The number of amides is 1. The van der Waals surface area contributed by atoms with Gasteiger partial charge in [-0.05, 0) is 29.8 Å². The lowest BCUT2D eigenvalue weighted by atomic mass is 9.94. The van der Waals surface area contributed by atoms with Gasteiger partial charge in [0.15, 0.2) is 5.69 Å². The van der Waals surface area contributed by atoms with E-state index in [1.807, 2.05) is 0 Å². The highest BCUT2D eigenvalue weighted by atomic mass is 35.5. The van der Waals surface area contributed by atoms with E-state index in [-0.39, 0.29) is 21.8 Å². The zero-order valence-corrected chi connectivity index (χ0v) is 14.6. The highest BCUT2D eigenvalue weighted by Crippen LogP contribution is 2.41. The van der Waals surface area contributed by atoms with Crippen LogP contribution in [0.1, 0.15) is 16.1 Å². The minimum atomic E-state index is -4.88. The molecule has 1 amide bonds. The molecule has 3 rings (SSSR count). The number of rotatable bonds is 3. The number of hydrogen-bond donors (Lipinski definition) is 1. The van der Waals surface area contributed by atoms with E-state index in [2.05, 4.69) is 5.10 Å². The first-order chi connectivity index (χ1) is 12.6. The molecule has 0 saturated carbocycles. The van der Waals surface area contributed by atoms with Crippen LogP contribution in [0.4, 0.5) is 17.6 Å². The maximum atomic E-state index is 13.9. The van der Waals surface area contributed by atoms with Gasteiger partial charge in [0.25, 0.3) is 5.91 Å². The van der Waals surface area contributed by atoms with Crippen molar-refractivity contribution in [2.24, 2.45) is 12.8 Å². The van der Waals surface area contributed by atoms with Crippen LogP contribution in [0.25, 0.3) is 22.4 Å². The maximum absolute atomic E-state index is 13.9. The second kappa shape index (κ2) is 6.70. The molecule has 0 saturated heterocycles. The van der Waals surface area contributed by atoms with E-state index >= 15 is 0 Å². The normalized spacial score (nSPS) is 11.6. The number of alkyl halides is 3. The number of aromatic nitrogens is 2. The summed E-state index contributed by atoms with van der Waals surface area (Å²) in [4.78, 5) is 11.8. The average molecular weight is 398 g/mol. The Labute approximate surface area is 156 Å². The van der Waals surface area contributed by atoms with Crippen molar-refractivity contribution in [1.82, 2.24) is 9.78 Å². The van der Waals surface area contributed by atoms with Gasteiger partial charge in [-0.15, -0.1) is 0 Å². The summed E-state index contributed by atoms with van der Waals surface area (Å²) in [6, 6.07) is 9.91. The van der Waals surface area contributed by atoms with E-state index < -0.39 is 29.2 Å². The number of carbonyl (C=O) groups excluding carboxylic acids is 1. The van der Waals surface area contributed by atoms with Crippen LogP contribution in [0.15, 0.2) is 42.5 Å². The van der Waals surface area contributed by atoms with Crippen molar-refractivity contribution in [2.75, 3.05) is 0 Å². The second-order valence-electron chi connectivity index (χ2n) is 5.73. The highest BCUT2D eigenvalue weighted by molar-refractivity contribution is 6.33. The van der Waals surface area contributed by atoms with Crippen molar-refractivity contribution in [3.05, 3.63) is 64.6 Å². The van der Waals surface area contributed by atoms with Crippen molar-refractivity contribution in [2.45, 2.75) is 6.18 Å². The van der Waals surface area contributed by atoms with E-state index in [4.69, 9.17) is 17.3 Å². The van der Waals surface area contributed by atoms with E-state index in [0.717, 1.165) is 16.8 Å². The molecule has 0 unspecified atom stereocenters. The Morgan fingerprint density at radius 1 is 1.11 bits per heavy atom. The fraction of sp³-hybridized carbons (Fsp3) is 0.111. The number of hydrogen-bond acceptors (Lipinski definition) is 2. The van der Waals surface area contributed by atoms with Crippen molar-refractivity contribution in [3.63, 3.8) is 0 Å². The lowest BCUT2D eigenvalue weighted by molar-refractivity contribution is -0.141. The fourth-order valence-corrected chi connectivity index (χ4v) is 3.13. The topological polar surface area (TPSA) is 60.9 Å². The van der Waals surface area contributed by atoms with Crippen molar-refractivity contribution >= 4 is 17.5 Å². The van der Waals surface area contributed by atoms with E-state index in [1.54, 1.807) is 24.3 Å². The summed E-state index contributed by atoms with van der Waals surface area (Å²) in [5.74, 6) is -1.91. The highest BCUT2D eigenvalue weighted by Gasteiger charge is 2.41. The molecule has 3 aromatic rings. The van der Waals surface area contributed by atoms with Crippen molar-refractivity contribution in [1.29, 1.82) is 0 Å². The molecule has 0 spiro atoms. The number of nitrogens with two attached hydrogens (primary N) is 1. The molecule has 1 heterocycles. The van der Waals surface area contributed by atoms with Crippen LogP contribution in [0.2, 0.25) is 5.02 Å². The van der Waals surface area contributed by atoms with Gasteiger partial charge < -0.3 is 5.73 Å². The van der Waals surface area contributed by atoms with Crippen LogP contribution < -0.4 is 5.73 Å². The zero-order chi connectivity index (χ0) is 19.9. The van der Waals surface area contributed by atoms with E-state index in [9.17, 15) is 22.4 Å². The van der Waals surface area contributed by atoms with Gasteiger partial charge >= 0.3 is 6.18 Å². The second-order valence-corrected chi connectivity index (χ2v) is 6.13. The first kappa shape index (κ1) is 18.9. The molecule has 0 aliphatic rings. The van der Waals surface area contributed by atoms with Crippen LogP contribution in [-0.4, -0.2) is 15.7 Å². The first-order valence-corrected chi connectivity index (χ1v) is 7.98. The maximum Gasteiger partial charge on any atom is 0.435 e. The lowest BCUT2D eigenvalue weighted by Crippen LogP contribution is -2.18. The zero-order valence-electron chi connectivity index (χ0n) is 13.8. The summed E-state index contributed by atoms with van der Waals surface area (Å²) >= 11 is 6.17. The Morgan fingerprint density at radius 2 is 1.78 bits per heavy atom. The summed E-state index contributed by atoms with van der Waals surface area (Å²) in [5, 5.41) is 3.69. The third-order valence-electron chi connectivity index (χ3n) is 3.96. The minimum Gasteiger partial charge on any atom is -0.365 e. The van der Waals surface area contributed by atoms with Crippen molar-refractivity contribution < 1.29 is 22.4 Å². The van der Waals surface area contributed by atoms with Gasteiger partial charge in [0.1, 0.15) is 5.82 Å². The number of nitrogens with zero attached hydrogens (tertiary/aromatic N) is 2. The van der Waals surface area contributed by atoms with Crippen LogP contribution in [0.5, 0.6) is 0 Å². The number of halogens is 5. The molecule has 4 nitrogen and oxygen atoms in total. The molecule has 27 heavy (non-hydrogen) atoms. The first-order valence-electron chi connectivity index (χ1n) is 7.60. The predicted octanol–water partition coefficient (Wildman–Crippen LogP) is 4.66. The van der Waals surface area contributed by atoms with E-state index in [1.165, 1.54) is 13.1 Å². The summed E-state index contributed by atoms with van der Waals surface area (Å²) in [7, 11) is 1.25. The molecule has 0 fully saturated rings. The Balaban J connectivity index is 2.39. The molecule has 140 valence electrons. The predicted molar refractivity (Wildman–Crippen MR) is 92.6 cm³/mol. The Kier molecular flexibility index (Phi) is 4.69. The van der Waals surface area contributed by atoms with Crippen LogP contribution in [0.3, 0.4) is 0 Å². The largest absolute Gasteiger partial charge is 0.435 e. The Morgan fingerprint density at radius 3 is 2.37 bits per heavy atom. The van der Waals surface area contributed by atoms with Gasteiger partial charge in [-0.25, -0.2) is 4.39 Å². The molecule has 0 aliphatic carbocycles. The van der Waals surface area contributed by atoms with Gasteiger partial charge in [-0.1, -0.05) is 29.8 Å². The molecule has 2 N–H and O–H groups in total. The SMILES string of the molecule is Cn1nc(C(F)(F)F)c(C(N)=O)c1-c1ccc(F)cc1-c1ccccc1Cl. The summed E-state index contributed by atoms with van der Waals surface area (Å²) in [6.07, 6.45) is -4.88. The molecular formula is C18H12ClF4N3O. The number of carbonyl (C=O) groups is 1. The molecule has 0 atom stereocenters. The standard InChI is InChI=1S/C18H12ClF4N3O/c1-26-15(14(17(24)27)16(25-26)18(21,22)23)11-7-6-9(20)8-12(11)10-4-2-3-5-13(10)19/h2-8H,1H3,(H2,24,27). The van der Waals surface area contributed by atoms with Gasteiger partial charge in [-0.2, -0.15) is 18.3 Å². The molecule has 9 heteroatoms. The Hall–Kier alpha value is -2.87. The van der Waals surface area contributed by atoms with Crippen LogP contribution in [-0.2, 0) is 13.2 Å². The van der Waals surface area contributed by atoms with Crippen LogP contribution in [0, 0.1) is 5.82 Å². The molecule has 0 radical (unpaired) electrons. The molecule has 0 aliphatic heterocycles. The molecule has 1 aromatic heterocycles. The minimum absolute atomic E-state index is 0.142. The summed E-state index contributed by atoms with van der Waals surface area (Å²) in [6.45, 7) is 0. The molecule has 2 aromatic carbocycles. The molecular weight excluding hydrogens is 386 g/mol. The third kappa shape index (κ3) is 3.40. The van der Waals surface area contributed by atoms with Crippen molar-refractivity contribution in [3.8, 4) is 22.4 Å². The average Bonchev–Trinajstić information content (AvgIpc) is 2.93. The Bertz CT molecular complexity index is 1040. The van der Waals surface area contributed by atoms with Crippen LogP contribution >= 0.6 is 11.6 Å². The number of primary amides is 1. The number of aryl methyl sites for hydroxylation is 1. The summed E-state index contributed by atoms with van der Waals surface area (Å²) < 4.78 is 54.7. The van der Waals surface area contributed by atoms with E-state index in [0.29, 0.717) is 5.56 Å². The fourth-order valence-electron chi connectivity index (χ4n) is 2.89. The number of benzene rings is 2. The third-order valence-corrected chi connectivity index (χ3v) is 4.29. The quantitative estimate of drug-likeness (QED) is 0.653. The van der Waals surface area contributed by atoms with Gasteiger partial charge in [0.05, 0.1) is 11.3 Å². The summed E-state index contributed by atoms with van der Waals surface area (Å²) in [5.41, 5.74) is 3.59. The van der Waals surface area contributed by atoms with Gasteiger partial charge in [0.2, 0.25) is 0 Å². The molecule has 0 bridgehead atoms. The van der Waals surface area contributed by atoms with Gasteiger partial charge in [-0.3, -0.25) is 9.48 Å². The van der Waals surface area contributed by atoms with Gasteiger partial charge in [0, 0.05) is 23.2 Å².